The highest BCUT2D eigenvalue weighted by Crippen LogP contribution is 1.82. The molecule has 0 rings (SSSR count). The van der Waals surface area contributed by atoms with Crippen molar-refractivity contribution < 1.29 is 14.6 Å². The van der Waals surface area contributed by atoms with E-state index in [1.807, 2.05) is 0 Å². The smallest absolute Gasteiger partial charge is 0.413 e. The van der Waals surface area contributed by atoms with Gasteiger partial charge in [0.25, 0.3) is 0 Å². The van der Waals surface area contributed by atoms with Gasteiger partial charge in [-0.25, -0.2) is 4.79 Å². The average molecular weight is 115 g/mol. The molecule has 0 aliphatic heterocycles. The molecule has 0 aliphatic carbocycles. The van der Waals surface area contributed by atoms with Crippen molar-refractivity contribution in [3.8, 4) is 6.07 Å². The molecular weight excluding hydrogens is 110 g/mol. The Labute approximate surface area is 46.3 Å². The van der Waals surface area contributed by atoms with Gasteiger partial charge in [0.2, 0.25) is 0 Å². The molecule has 0 saturated heterocycles. The van der Waals surface area contributed by atoms with Gasteiger partial charge in [0.1, 0.15) is 0 Å². The van der Waals surface area contributed by atoms with Gasteiger partial charge in [0, 0.05) is 0 Å². The zero-order valence-electron chi connectivity index (χ0n) is 4.29. The lowest BCUT2D eigenvalue weighted by Gasteiger charge is -1.98. The molecule has 8 heavy (non-hydrogen) atoms. The normalized spacial score (nSPS) is 11.6. The number of nitrogens with zero attached hydrogens (tertiary/aromatic N) is 1. The highest BCUT2D eigenvalue weighted by atomic mass is 16.6. The Bertz CT molecular complexity index is 124. The van der Waals surface area contributed by atoms with Gasteiger partial charge in [0.15, 0.2) is 12.4 Å². The number of esters is 1. The summed E-state index contributed by atoms with van der Waals surface area (Å²) in [4.78, 5) is 9.88. The summed E-state index contributed by atoms with van der Waals surface area (Å²) in [6.45, 7) is 1.25. The summed E-state index contributed by atoms with van der Waals surface area (Å²) >= 11 is 0. The number of rotatable bonds is 1. The van der Waals surface area contributed by atoms with Crippen molar-refractivity contribution in [2.45, 2.75) is 13.2 Å². The summed E-state index contributed by atoms with van der Waals surface area (Å²) in [6.07, 6.45) is -1.19. The van der Waals surface area contributed by atoms with Crippen LogP contribution in [0, 0.1) is 11.3 Å². The zero-order chi connectivity index (χ0) is 6.57. The third kappa shape index (κ3) is 3.12. The van der Waals surface area contributed by atoms with Crippen LogP contribution in [-0.4, -0.2) is 17.4 Å². The van der Waals surface area contributed by atoms with Gasteiger partial charge >= 0.3 is 5.97 Å². The molecule has 0 aliphatic rings. The first kappa shape index (κ1) is 6.92. The maximum absolute atomic E-state index is 9.88. The molecule has 1 atom stereocenters. The van der Waals surface area contributed by atoms with Crippen LogP contribution >= 0.6 is 0 Å². The van der Waals surface area contributed by atoms with E-state index < -0.39 is 12.3 Å². The number of hydrogen-bond acceptors (Lipinski definition) is 4. The number of nitriles is 1. The molecule has 0 heterocycles. The summed E-state index contributed by atoms with van der Waals surface area (Å²) in [7, 11) is 0. The first-order chi connectivity index (χ1) is 3.66. The van der Waals surface area contributed by atoms with Crippen LogP contribution in [0.3, 0.4) is 0 Å². The molecule has 0 bridgehead atoms. The first-order valence-electron chi connectivity index (χ1n) is 1.95. The van der Waals surface area contributed by atoms with Gasteiger partial charge in [-0.15, -0.1) is 0 Å². The Hall–Kier alpha value is -1.08. The molecule has 0 aromatic heterocycles. The van der Waals surface area contributed by atoms with Crippen molar-refractivity contribution in [3.05, 3.63) is 0 Å². The van der Waals surface area contributed by atoms with Crippen LogP contribution in [0.4, 0.5) is 0 Å². The molecule has 1 unspecified atom stereocenters. The lowest BCUT2D eigenvalue weighted by atomic mass is 10.7. The van der Waals surface area contributed by atoms with Crippen molar-refractivity contribution in [1.82, 2.24) is 0 Å². The largest absolute Gasteiger partial charge is 0.425 e. The molecule has 0 spiro atoms. The summed E-state index contributed by atoms with van der Waals surface area (Å²) in [5, 5.41) is 16.0. The standard InChI is InChI=1S/C4H5NO3/c1-3(6)8-4(7)2-5/h3,6H,1H3. The molecule has 4 heteroatoms. The van der Waals surface area contributed by atoms with Crippen LogP contribution < -0.4 is 0 Å². The van der Waals surface area contributed by atoms with E-state index in [1.165, 1.54) is 13.0 Å². The van der Waals surface area contributed by atoms with Crippen molar-refractivity contribution in [2.24, 2.45) is 0 Å². The topological polar surface area (TPSA) is 70.3 Å². The molecule has 4 nitrogen and oxygen atoms in total. The molecular formula is C4H5NO3. The number of carbonyl (C=O) groups excluding carboxylic acids is 1. The monoisotopic (exact) mass is 115 g/mol. The molecule has 0 fully saturated rings. The van der Waals surface area contributed by atoms with Crippen LogP contribution in [0.25, 0.3) is 0 Å². The Morgan fingerprint density at radius 2 is 2.50 bits per heavy atom. The Morgan fingerprint density at radius 3 is 2.62 bits per heavy atom. The van der Waals surface area contributed by atoms with Crippen LogP contribution in [0.5, 0.6) is 0 Å². The van der Waals surface area contributed by atoms with Crippen molar-refractivity contribution in [3.63, 3.8) is 0 Å². The van der Waals surface area contributed by atoms with E-state index in [0.717, 1.165) is 0 Å². The van der Waals surface area contributed by atoms with E-state index in [2.05, 4.69) is 4.74 Å². The average Bonchev–Trinajstić information content (AvgIpc) is 1.65. The molecule has 0 radical (unpaired) electrons. The van der Waals surface area contributed by atoms with Crippen LogP contribution in [0.2, 0.25) is 0 Å². The number of hydrogen-bond donors (Lipinski definition) is 1. The minimum absolute atomic E-state index is 1.07. The third-order valence-electron chi connectivity index (χ3n) is 0.369. The molecule has 44 valence electrons. The van der Waals surface area contributed by atoms with E-state index in [0.29, 0.717) is 0 Å². The zero-order valence-corrected chi connectivity index (χ0v) is 4.29. The Kier molecular flexibility index (Phi) is 2.59. The van der Waals surface area contributed by atoms with Crippen molar-refractivity contribution in [2.75, 3.05) is 0 Å². The van der Waals surface area contributed by atoms with E-state index in [-0.39, 0.29) is 0 Å². The second-order valence-electron chi connectivity index (χ2n) is 1.12. The lowest BCUT2D eigenvalue weighted by Crippen LogP contribution is -2.11. The fourth-order valence-corrected chi connectivity index (χ4v) is 0.181. The second kappa shape index (κ2) is 2.99. The minimum Gasteiger partial charge on any atom is -0.425 e. The minimum atomic E-state index is -1.19. The Morgan fingerprint density at radius 1 is 2.00 bits per heavy atom. The molecule has 1 N–H and O–H groups in total. The van der Waals surface area contributed by atoms with Gasteiger partial charge in [0.05, 0.1) is 0 Å². The molecule has 0 aromatic rings. The maximum atomic E-state index is 9.88. The Balaban J connectivity index is 3.44. The predicted molar refractivity (Wildman–Crippen MR) is 23.4 cm³/mol. The van der Waals surface area contributed by atoms with Crippen LogP contribution in [0.1, 0.15) is 6.92 Å². The predicted octanol–water partition coefficient (Wildman–Crippen LogP) is -0.609. The number of aliphatic hydroxyl groups is 1. The third-order valence-corrected chi connectivity index (χ3v) is 0.369. The van der Waals surface area contributed by atoms with Crippen molar-refractivity contribution in [1.29, 1.82) is 5.26 Å². The summed E-state index contributed by atoms with van der Waals surface area (Å²) in [5.41, 5.74) is 0. The van der Waals surface area contributed by atoms with Gasteiger partial charge in [-0.05, 0) is 6.92 Å². The van der Waals surface area contributed by atoms with Crippen LogP contribution in [-0.2, 0) is 9.53 Å². The number of carbonyl (C=O) groups is 1. The van der Waals surface area contributed by atoms with Crippen LogP contribution in [0.15, 0.2) is 0 Å². The van der Waals surface area contributed by atoms with Gasteiger partial charge in [-0.2, -0.15) is 5.26 Å². The second-order valence-corrected chi connectivity index (χ2v) is 1.12. The molecule has 0 amide bonds. The number of ether oxygens (including phenoxy) is 1. The fraction of sp³-hybridized carbons (Fsp3) is 0.500. The highest BCUT2D eigenvalue weighted by Gasteiger charge is 2.01. The fourth-order valence-electron chi connectivity index (χ4n) is 0.181. The van der Waals surface area contributed by atoms with E-state index in [1.54, 1.807) is 0 Å². The first-order valence-corrected chi connectivity index (χ1v) is 1.95. The van der Waals surface area contributed by atoms with Crippen molar-refractivity contribution >= 4 is 5.97 Å². The quantitative estimate of drug-likeness (QED) is 0.281. The summed E-state index contributed by atoms with van der Waals surface area (Å²) < 4.78 is 3.95. The number of aliphatic hydroxyl groups excluding tert-OH is 1. The van der Waals surface area contributed by atoms with Gasteiger partial charge < -0.3 is 9.84 Å². The SMILES string of the molecule is CC(O)OC(=O)C#N. The van der Waals surface area contributed by atoms with Gasteiger partial charge in [-0.1, -0.05) is 0 Å². The van der Waals surface area contributed by atoms with E-state index in [4.69, 9.17) is 10.4 Å². The van der Waals surface area contributed by atoms with E-state index in [9.17, 15) is 4.79 Å². The summed E-state index contributed by atoms with van der Waals surface area (Å²) in [5.74, 6) is -1.07. The summed E-state index contributed by atoms with van der Waals surface area (Å²) in [6, 6.07) is 1.18. The lowest BCUT2D eigenvalue weighted by molar-refractivity contribution is -0.157. The molecule has 0 saturated carbocycles. The maximum Gasteiger partial charge on any atom is 0.413 e. The highest BCUT2D eigenvalue weighted by molar-refractivity contribution is 5.85. The molecule has 0 aromatic carbocycles. The van der Waals surface area contributed by atoms with Gasteiger partial charge in [-0.3, -0.25) is 0 Å². The van der Waals surface area contributed by atoms with E-state index >= 15 is 0 Å².